The van der Waals surface area contributed by atoms with Crippen molar-refractivity contribution in [3.8, 4) is 0 Å². The zero-order chi connectivity index (χ0) is 23.6. The maximum atomic E-state index is 13.1. The Labute approximate surface area is 179 Å². The molecule has 1 N–H and O–H groups in total. The molecule has 6 nitrogen and oxygen atoms in total. The number of morpholine rings is 1. The average Bonchev–Trinajstić information content (AvgIpc) is 2.76. The van der Waals surface area contributed by atoms with E-state index < -0.39 is 29.5 Å². The quantitative estimate of drug-likeness (QED) is 0.700. The minimum Gasteiger partial charge on any atom is -0.378 e. The second-order valence-corrected chi connectivity index (χ2v) is 7.04. The molecular weight excluding hydrogens is 444 g/mol. The number of aromatic nitrogens is 1. The summed E-state index contributed by atoms with van der Waals surface area (Å²) in [5, 5.41) is 9.57. The first-order chi connectivity index (χ1) is 14.9. The summed E-state index contributed by atoms with van der Waals surface area (Å²) in [5.41, 5.74) is -5.95. The van der Waals surface area contributed by atoms with E-state index in [1.807, 2.05) is 0 Å². The number of urea groups is 1. The smallest absolute Gasteiger partial charge is 0.378 e. The van der Waals surface area contributed by atoms with Crippen LogP contribution in [0.1, 0.15) is 11.3 Å². The van der Waals surface area contributed by atoms with E-state index in [1.54, 1.807) is 18.2 Å². The molecule has 0 aliphatic carbocycles. The molecule has 2 heterocycles. The Morgan fingerprint density at radius 2 is 1.59 bits per heavy atom. The van der Waals surface area contributed by atoms with Crippen molar-refractivity contribution in [2.75, 3.05) is 31.2 Å². The number of ether oxygens (including phenoxy) is 1. The molecule has 32 heavy (non-hydrogen) atoms. The number of hydrogen-bond acceptors (Lipinski definition) is 4. The molecule has 0 saturated carbocycles. The zero-order valence-corrected chi connectivity index (χ0v) is 16.5. The van der Waals surface area contributed by atoms with Gasteiger partial charge < -0.3 is 14.7 Å². The van der Waals surface area contributed by atoms with E-state index in [0.717, 1.165) is 12.1 Å². The Morgan fingerprint density at radius 1 is 1.00 bits per heavy atom. The molecule has 0 radical (unpaired) electrons. The van der Waals surface area contributed by atoms with Crippen molar-refractivity contribution in [3.63, 3.8) is 0 Å². The van der Waals surface area contributed by atoms with Crippen molar-refractivity contribution in [1.82, 2.24) is 9.88 Å². The van der Waals surface area contributed by atoms with Crippen LogP contribution in [-0.2, 0) is 16.9 Å². The Hall–Kier alpha value is -2.86. The van der Waals surface area contributed by atoms with Gasteiger partial charge in [-0.3, -0.25) is 9.88 Å². The molecule has 0 bridgehead atoms. The number of rotatable bonds is 4. The van der Waals surface area contributed by atoms with Crippen LogP contribution in [0, 0.1) is 0 Å². The fourth-order valence-corrected chi connectivity index (χ4v) is 3.22. The summed E-state index contributed by atoms with van der Waals surface area (Å²) in [5.74, 6) is 0. The van der Waals surface area contributed by atoms with Gasteiger partial charge in [-0.2, -0.15) is 26.3 Å². The number of benzene rings is 1. The van der Waals surface area contributed by atoms with Crippen LogP contribution in [-0.4, -0.2) is 59.7 Å². The highest BCUT2D eigenvalue weighted by molar-refractivity contribution is 5.92. The molecule has 0 atom stereocenters. The van der Waals surface area contributed by atoms with E-state index in [2.05, 4.69) is 4.98 Å². The van der Waals surface area contributed by atoms with Gasteiger partial charge in [0.2, 0.25) is 0 Å². The van der Waals surface area contributed by atoms with Gasteiger partial charge in [0.25, 0.3) is 5.60 Å². The number of pyridine rings is 1. The van der Waals surface area contributed by atoms with Gasteiger partial charge in [-0.1, -0.05) is 18.2 Å². The Kier molecular flexibility index (Phi) is 6.65. The summed E-state index contributed by atoms with van der Waals surface area (Å²) in [6, 6.07) is 7.33. The molecular formula is C20H19F6N3O3. The van der Waals surface area contributed by atoms with Crippen molar-refractivity contribution < 1.29 is 41.0 Å². The van der Waals surface area contributed by atoms with Crippen molar-refractivity contribution in [1.29, 1.82) is 0 Å². The van der Waals surface area contributed by atoms with Gasteiger partial charge in [0.05, 0.1) is 25.5 Å². The molecule has 1 saturated heterocycles. The highest BCUT2D eigenvalue weighted by Crippen LogP contribution is 2.50. The molecule has 0 unspecified atom stereocenters. The fourth-order valence-electron chi connectivity index (χ4n) is 3.22. The van der Waals surface area contributed by atoms with Crippen LogP contribution in [0.2, 0.25) is 0 Å². The topological polar surface area (TPSA) is 65.9 Å². The van der Waals surface area contributed by atoms with Crippen LogP contribution in [0.4, 0.5) is 36.8 Å². The Morgan fingerprint density at radius 3 is 2.09 bits per heavy atom. The maximum Gasteiger partial charge on any atom is 0.430 e. The van der Waals surface area contributed by atoms with Gasteiger partial charge in [-0.25, -0.2) is 4.79 Å². The number of hydrogen-bond donors (Lipinski definition) is 1. The van der Waals surface area contributed by atoms with Crippen LogP contribution < -0.4 is 4.90 Å². The summed E-state index contributed by atoms with van der Waals surface area (Å²) in [7, 11) is 0. The summed E-state index contributed by atoms with van der Waals surface area (Å²) in [6.45, 7) is 1.08. The normalized spacial score (nSPS) is 15.5. The van der Waals surface area contributed by atoms with Crippen molar-refractivity contribution >= 4 is 11.7 Å². The first kappa shape index (κ1) is 23.8. The van der Waals surface area contributed by atoms with Gasteiger partial charge in [-0.15, -0.1) is 0 Å². The molecule has 1 aliphatic rings. The van der Waals surface area contributed by atoms with Gasteiger partial charge in [0.15, 0.2) is 0 Å². The van der Waals surface area contributed by atoms with Crippen LogP contribution in [0.3, 0.4) is 0 Å². The molecule has 0 spiro atoms. The standard InChI is InChI=1S/C20H19F6N3O3/c21-19(22,23)18(31,20(24,25)26)14-4-6-16(7-5-14)29(13-15-3-1-2-8-27-15)17(30)28-9-11-32-12-10-28/h1-8,31H,9-13H2. The lowest BCUT2D eigenvalue weighted by atomic mass is 9.92. The van der Waals surface area contributed by atoms with Crippen molar-refractivity contribution in [2.45, 2.75) is 24.5 Å². The monoisotopic (exact) mass is 463 g/mol. The number of nitrogens with zero attached hydrogens (tertiary/aromatic N) is 3. The second-order valence-electron chi connectivity index (χ2n) is 7.04. The second kappa shape index (κ2) is 8.94. The Balaban J connectivity index is 1.97. The highest BCUT2D eigenvalue weighted by atomic mass is 19.4. The lowest BCUT2D eigenvalue weighted by Crippen LogP contribution is -2.53. The number of aliphatic hydroxyl groups is 1. The number of alkyl halides is 6. The number of halogens is 6. The Bertz CT molecular complexity index is 899. The van der Waals surface area contributed by atoms with E-state index in [1.165, 1.54) is 16.0 Å². The summed E-state index contributed by atoms with van der Waals surface area (Å²) in [6.07, 6.45) is -10.5. The SMILES string of the molecule is O=C(N1CCOCC1)N(Cc1ccccn1)c1ccc(C(O)(C(F)(F)F)C(F)(F)F)cc1. The maximum absolute atomic E-state index is 13.1. The van der Waals surface area contributed by atoms with E-state index in [4.69, 9.17) is 4.74 Å². The summed E-state index contributed by atoms with van der Waals surface area (Å²) >= 11 is 0. The van der Waals surface area contributed by atoms with Crippen LogP contribution >= 0.6 is 0 Å². The number of anilines is 1. The largest absolute Gasteiger partial charge is 0.430 e. The van der Waals surface area contributed by atoms with Gasteiger partial charge >= 0.3 is 18.4 Å². The van der Waals surface area contributed by atoms with Crippen LogP contribution in [0.15, 0.2) is 48.7 Å². The zero-order valence-electron chi connectivity index (χ0n) is 16.5. The predicted octanol–water partition coefficient (Wildman–Crippen LogP) is 3.85. The molecule has 174 valence electrons. The molecule has 1 aromatic carbocycles. The number of amides is 2. The van der Waals surface area contributed by atoms with E-state index in [0.29, 0.717) is 31.0 Å². The molecule has 1 aromatic heterocycles. The lowest BCUT2D eigenvalue weighted by molar-refractivity contribution is -0.376. The fraction of sp³-hybridized carbons (Fsp3) is 0.400. The molecule has 1 fully saturated rings. The molecule has 12 heteroatoms. The highest BCUT2D eigenvalue weighted by Gasteiger charge is 2.71. The minimum absolute atomic E-state index is 0.0441. The van der Waals surface area contributed by atoms with E-state index >= 15 is 0 Å². The molecule has 3 rings (SSSR count). The van der Waals surface area contributed by atoms with E-state index in [-0.39, 0.29) is 25.3 Å². The van der Waals surface area contributed by atoms with Gasteiger partial charge in [0.1, 0.15) is 0 Å². The third kappa shape index (κ3) is 4.65. The third-order valence-corrected chi connectivity index (χ3v) is 4.98. The minimum atomic E-state index is -6.00. The summed E-state index contributed by atoms with van der Waals surface area (Å²) in [4.78, 5) is 19.8. The third-order valence-electron chi connectivity index (χ3n) is 4.98. The van der Waals surface area contributed by atoms with E-state index in [9.17, 15) is 36.2 Å². The first-order valence-corrected chi connectivity index (χ1v) is 9.45. The molecule has 1 aliphatic heterocycles. The van der Waals surface area contributed by atoms with Gasteiger partial charge in [-0.05, 0) is 24.3 Å². The van der Waals surface area contributed by atoms with Crippen molar-refractivity contribution in [2.24, 2.45) is 0 Å². The van der Waals surface area contributed by atoms with Crippen LogP contribution in [0.5, 0.6) is 0 Å². The van der Waals surface area contributed by atoms with Gasteiger partial charge in [0, 0.05) is 30.5 Å². The number of carbonyl (C=O) groups excluding carboxylic acids is 1. The number of carbonyl (C=O) groups is 1. The first-order valence-electron chi connectivity index (χ1n) is 9.45. The van der Waals surface area contributed by atoms with Crippen molar-refractivity contribution in [3.05, 3.63) is 59.9 Å². The predicted molar refractivity (Wildman–Crippen MR) is 101 cm³/mol. The average molecular weight is 463 g/mol. The molecule has 2 amide bonds. The lowest BCUT2D eigenvalue weighted by Gasteiger charge is -2.34. The summed E-state index contributed by atoms with van der Waals surface area (Å²) < 4.78 is 84.1. The molecule has 2 aromatic rings. The van der Waals surface area contributed by atoms with Crippen LogP contribution in [0.25, 0.3) is 0 Å².